The van der Waals surface area contributed by atoms with E-state index in [1.165, 1.54) is 16.9 Å². The zero-order chi connectivity index (χ0) is 14.0. The van der Waals surface area contributed by atoms with Gasteiger partial charge < -0.3 is 0 Å². The zero-order valence-electron chi connectivity index (χ0n) is 12.5. The second-order valence-corrected chi connectivity index (χ2v) is 7.60. The van der Waals surface area contributed by atoms with Gasteiger partial charge in [0.2, 0.25) is 0 Å². The van der Waals surface area contributed by atoms with Crippen LogP contribution in [0, 0.1) is 11.8 Å². The fourth-order valence-electron chi connectivity index (χ4n) is 3.01. The third-order valence-electron chi connectivity index (χ3n) is 3.70. The van der Waals surface area contributed by atoms with Crippen LogP contribution in [0.2, 0.25) is 0 Å². The molecule has 0 radical (unpaired) electrons. The lowest BCUT2D eigenvalue weighted by molar-refractivity contribution is 0.112. The van der Waals surface area contributed by atoms with Gasteiger partial charge in [-0.15, -0.1) is 11.3 Å². The molecule has 1 aliphatic rings. The number of hydrogen-bond acceptors (Lipinski definition) is 3. The summed E-state index contributed by atoms with van der Waals surface area (Å²) >= 11 is 1.69. The molecular weight excluding hydrogens is 254 g/mol. The third-order valence-corrected chi connectivity index (χ3v) is 4.83. The number of aldehydes is 1. The van der Waals surface area contributed by atoms with Crippen molar-refractivity contribution in [2.24, 2.45) is 11.8 Å². The van der Waals surface area contributed by atoms with E-state index < -0.39 is 0 Å². The van der Waals surface area contributed by atoms with Crippen LogP contribution in [-0.4, -0.2) is 24.3 Å². The largest absolute Gasteiger partial charge is 0.297 e. The first-order chi connectivity index (χ1) is 9.01. The fourth-order valence-corrected chi connectivity index (χ4v) is 4.03. The zero-order valence-corrected chi connectivity index (χ0v) is 13.3. The molecule has 0 fully saturated rings. The van der Waals surface area contributed by atoms with Crippen LogP contribution in [0.25, 0.3) is 0 Å². The molecule has 106 valence electrons. The molecule has 1 aromatic heterocycles. The monoisotopic (exact) mass is 279 g/mol. The quantitative estimate of drug-likeness (QED) is 0.754. The molecule has 0 bridgehead atoms. The highest BCUT2D eigenvalue weighted by molar-refractivity contribution is 7.13. The molecule has 2 heterocycles. The minimum Gasteiger partial charge on any atom is -0.297 e. The van der Waals surface area contributed by atoms with E-state index in [-0.39, 0.29) is 0 Å². The lowest BCUT2D eigenvalue weighted by Gasteiger charge is -2.38. The summed E-state index contributed by atoms with van der Waals surface area (Å²) in [5.74, 6) is 1.38. The summed E-state index contributed by atoms with van der Waals surface area (Å²) < 4.78 is 0. The number of carbonyl (C=O) groups is 1. The topological polar surface area (TPSA) is 20.3 Å². The van der Waals surface area contributed by atoms with Crippen molar-refractivity contribution >= 4 is 17.6 Å². The molecule has 1 unspecified atom stereocenters. The van der Waals surface area contributed by atoms with Crippen LogP contribution in [0.15, 0.2) is 6.07 Å². The van der Waals surface area contributed by atoms with Gasteiger partial charge in [-0.1, -0.05) is 27.7 Å². The number of carbonyl (C=O) groups excluding carboxylic acids is 1. The standard InChI is InChI=1S/C16H25NOS/c1-11(2)7-15-14-8-13(10-18)19-16(14)5-6-17(15)9-12(3)4/h8,10-12,15H,5-7,9H2,1-4H3. The maximum absolute atomic E-state index is 11.0. The summed E-state index contributed by atoms with van der Waals surface area (Å²) in [5, 5.41) is 0. The maximum atomic E-state index is 11.0. The third kappa shape index (κ3) is 3.46. The highest BCUT2D eigenvalue weighted by Crippen LogP contribution is 2.38. The summed E-state index contributed by atoms with van der Waals surface area (Å²) in [7, 11) is 0. The molecule has 0 saturated heterocycles. The number of nitrogens with zero attached hydrogens (tertiary/aromatic N) is 1. The molecule has 1 aromatic rings. The predicted octanol–water partition coefficient (Wildman–Crippen LogP) is 4.16. The SMILES string of the molecule is CC(C)CC1c2cc(C=O)sc2CCN1CC(C)C. The fraction of sp³-hybridized carbons (Fsp3) is 0.688. The first kappa shape index (κ1) is 14.7. The van der Waals surface area contributed by atoms with Gasteiger partial charge in [0.15, 0.2) is 6.29 Å². The Labute approximate surface area is 120 Å². The summed E-state index contributed by atoms with van der Waals surface area (Å²) in [6.45, 7) is 11.4. The van der Waals surface area contributed by atoms with Gasteiger partial charge >= 0.3 is 0 Å². The van der Waals surface area contributed by atoms with E-state index in [1.54, 1.807) is 11.3 Å². The Morgan fingerprint density at radius 3 is 2.68 bits per heavy atom. The average Bonchev–Trinajstić information content (AvgIpc) is 2.74. The molecule has 0 N–H and O–H groups in total. The van der Waals surface area contributed by atoms with E-state index in [4.69, 9.17) is 0 Å². The van der Waals surface area contributed by atoms with Crippen molar-refractivity contribution in [3.63, 3.8) is 0 Å². The molecule has 0 spiro atoms. The van der Waals surface area contributed by atoms with E-state index in [1.807, 2.05) is 0 Å². The van der Waals surface area contributed by atoms with Crippen molar-refractivity contribution in [2.45, 2.75) is 46.6 Å². The first-order valence-electron chi connectivity index (χ1n) is 7.33. The molecule has 0 aromatic carbocycles. The Balaban J connectivity index is 2.27. The Bertz CT molecular complexity index is 436. The van der Waals surface area contributed by atoms with Gasteiger partial charge in [0.25, 0.3) is 0 Å². The van der Waals surface area contributed by atoms with Crippen molar-refractivity contribution in [3.05, 3.63) is 21.4 Å². The minimum absolute atomic E-state index is 0.510. The van der Waals surface area contributed by atoms with Crippen molar-refractivity contribution in [1.29, 1.82) is 0 Å². The van der Waals surface area contributed by atoms with Crippen molar-refractivity contribution in [1.82, 2.24) is 4.90 Å². The highest BCUT2D eigenvalue weighted by atomic mass is 32.1. The van der Waals surface area contributed by atoms with E-state index in [9.17, 15) is 4.79 Å². The molecule has 0 saturated carbocycles. The number of rotatable bonds is 5. The highest BCUT2D eigenvalue weighted by Gasteiger charge is 2.29. The lowest BCUT2D eigenvalue weighted by Crippen LogP contribution is -2.37. The van der Waals surface area contributed by atoms with Gasteiger partial charge in [-0.25, -0.2) is 0 Å². The molecule has 2 nitrogen and oxygen atoms in total. The van der Waals surface area contributed by atoms with E-state index in [0.717, 1.165) is 30.7 Å². The molecular formula is C16H25NOS. The molecule has 2 rings (SSSR count). The number of thiophene rings is 1. The van der Waals surface area contributed by atoms with Crippen LogP contribution in [0.3, 0.4) is 0 Å². The number of fused-ring (bicyclic) bond motifs is 1. The van der Waals surface area contributed by atoms with Crippen LogP contribution in [0.1, 0.15) is 60.3 Å². The van der Waals surface area contributed by atoms with Gasteiger partial charge in [0.05, 0.1) is 4.88 Å². The summed E-state index contributed by atoms with van der Waals surface area (Å²) in [6.07, 6.45) is 3.30. The van der Waals surface area contributed by atoms with Gasteiger partial charge in [-0.3, -0.25) is 9.69 Å². The predicted molar refractivity (Wildman–Crippen MR) is 82.0 cm³/mol. The van der Waals surface area contributed by atoms with Gasteiger partial charge in [0, 0.05) is 24.0 Å². The van der Waals surface area contributed by atoms with Gasteiger partial charge in [-0.2, -0.15) is 0 Å². The Hall–Kier alpha value is -0.670. The molecule has 1 atom stereocenters. The van der Waals surface area contributed by atoms with E-state index >= 15 is 0 Å². The van der Waals surface area contributed by atoms with Crippen LogP contribution in [0.4, 0.5) is 0 Å². The molecule has 3 heteroatoms. The lowest BCUT2D eigenvalue weighted by atomic mass is 9.91. The smallest absolute Gasteiger partial charge is 0.160 e. The van der Waals surface area contributed by atoms with Crippen LogP contribution >= 0.6 is 11.3 Å². The van der Waals surface area contributed by atoms with Gasteiger partial charge in [-0.05, 0) is 36.3 Å². The second-order valence-electron chi connectivity index (χ2n) is 6.43. The van der Waals surface area contributed by atoms with E-state index in [2.05, 4.69) is 38.7 Å². The number of hydrogen-bond donors (Lipinski definition) is 0. The molecule has 0 amide bonds. The first-order valence-corrected chi connectivity index (χ1v) is 8.14. The van der Waals surface area contributed by atoms with Crippen LogP contribution in [-0.2, 0) is 6.42 Å². The summed E-state index contributed by atoms with van der Waals surface area (Å²) in [4.78, 5) is 16.0. The molecule has 0 aliphatic carbocycles. The normalized spacial score (nSPS) is 20.0. The van der Waals surface area contributed by atoms with Crippen molar-refractivity contribution < 1.29 is 4.79 Å². The van der Waals surface area contributed by atoms with Crippen LogP contribution in [0.5, 0.6) is 0 Å². The minimum atomic E-state index is 0.510. The average molecular weight is 279 g/mol. The molecule has 1 aliphatic heterocycles. The Kier molecular flexibility index (Phi) is 4.80. The van der Waals surface area contributed by atoms with Gasteiger partial charge in [0.1, 0.15) is 0 Å². The Morgan fingerprint density at radius 2 is 2.11 bits per heavy atom. The Morgan fingerprint density at radius 1 is 1.37 bits per heavy atom. The second kappa shape index (κ2) is 6.19. The van der Waals surface area contributed by atoms with Crippen LogP contribution < -0.4 is 0 Å². The van der Waals surface area contributed by atoms with Crippen molar-refractivity contribution in [3.8, 4) is 0 Å². The van der Waals surface area contributed by atoms with Crippen molar-refractivity contribution in [2.75, 3.05) is 13.1 Å². The molecule has 19 heavy (non-hydrogen) atoms. The van der Waals surface area contributed by atoms with E-state index in [0.29, 0.717) is 17.9 Å². The maximum Gasteiger partial charge on any atom is 0.160 e. The summed E-state index contributed by atoms with van der Waals surface area (Å²) in [6, 6.07) is 2.64. The summed E-state index contributed by atoms with van der Waals surface area (Å²) in [5.41, 5.74) is 1.42.